The third-order valence-electron chi connectivity index (χ3n) is 2.80. The van der Waals surface area contributed by atoms with Crippen LogP contribution in [0.3, 0.4) is 0 Å². The van der Waals surface area contributed by atoms with Crippen LogP contribution in [0.25, 0.3) is 11.3 Å². The number of pyridine rings is 1. The average Bonchev–Trinajstić information content (AvgIpc) is 2.72. The second kappa shape index (κ2) is 5.98. The van der Waals surface area contributed by atoms with Crippen molar-refractivity contribution in [3.63, 3.8) is 0 Å². The molecular weight excluding hydrogens is 248 g/mol. The summed E-state index contributed by atoms with van der Waals surface area (Å²) in [6.07, 6.45) is 4.76. The topological polar surface area (TPSA) is 67.6 Å². The molecule has 0 atom stereocenters. The third kappa shape index (κ3) is 3.09. The molecule has 0 unspecified atom stereocenters. The Labute approximate surface area is 112 Å². The Bertz CT molecular complexity index is 504. The molecule has 0 spiro atoms. The molecule has 0 aliphatic rings. The predicted molar refractivity (Wildman–Crippen MR) is 73.6 cm³/mol. The monoisotopic (exact) mass is 264 g/mol. The van der Waals surface area contributed by atoms with E-state index in [1.54, 1.807) is 12.3 Å². The van der Waals surface area contributed by atoms with Gasteiger partial charge in [-0.25, -0.2) is 9.97 Å². The minimum Gasteiger partial charge on any atom is -0.346 e. The molecule has 0 bridgehead atoms. The Morgan fingerprint density at radius 1 is 1.33 bits per heavy atom. The molecule has 2 heterocycles. The van der Waals surface area contributed by atoms with Crippen LogP contribution in [-0.4, -0.2) is 21.5 Å². The highest BCUT2D eigenvalue weighted by molar-refractivity contribution is 6.29. The number of halogens is 1. The number of rotatable bonds is 5. The lowest BCUT2D eigenvalue weighted by Gasteiger charge is -1.97. The van der Waals surface area contributed by atoms with Crippen LogP contribution < -0.4 is 5.73 Å². The first kappa shape index (κ1) is 13.1. The van der Waals surface area contributed by atoms with E-state index in [0.29, 0.717) is 5.15 Å². The van der Waals surface area contributed by atoms with E-state index in [0.717, 1.165) is 48.6 Å². The molecule has 0 radical (unpaired) electrons. The molecule has 3 N–H and O–H groups in total. The Balaban J connectivity index is 2.16. The number of nitrogens with two attached hydrogens (primary N) is 1. The van der Waals surface area contributed by atoms with Gasteiger partial charge in [-0.15, -0.1) is 0 Å². The van der Waals surface area contributed by atoms with Gasteiger partial charge in [0.15, 0.2) is 0 Å². The first-order chi connectivity index (χ1) is 8.70. The summed E-state index contributed by atoms with van der Waals surface area (Å²) in [6.45, 7) is 2.75. The Morgan fingerprint density at radius 3 is 2.83 bits per heavy atom. The molecule has 0 fully saturated rings. The highest BCUT2D eigenvalue weighted by atomic mass is 35.5. The molecule has 0 aliphatic heterocycles. The van der Waals surface area contributed by atoms with Gasteiger partial charge in [0.1, 0.15) is 11.0 Å². The van der Waals surface area contributed by atoms with E-state index < -0.39 is 0 Å². The van der Waals surface area contributed by atoms with Crippen LogP contribution in [0.2, 0.25) is 5.15 Å². The summed E-state index contributed by atoms with van der Waals surface area (Å²) < 4.78 is 0. The van der Waals surface area contributed by atoms with Crippen LogP contribution in [0.15, 0.2) is 18.3 Å². The van der Waals surface area contributed by atoms with Crippen LogP contribution in [-0.2, 0) is 6.42 Å². The number of nitrogens with zero attached hydrogens (tertiary/aromatic N) is 2. The summed E-state index contributed by atoms with van der Waals surface area (Å²) in [6, 6.07) is 3.71. The number of hydrogen-bond donors (Lipinski definition) is 2. The lowest BCUT2D eigenvalue weighted by Crippen LogP contribution is -1.99. The molecule has 4 nitrogen and oxygen atoms in total. The summed E-state index contributed by atoms with van der Waals surface area (Å²) in [5.74, 6) is 1.01. The van der Waals surface area contributed by atoms with Gasteiger partial charge in [-0.1, -0.05) is 11.6 Å². The maximum atomic E-state index is 5.78. The Morgan fingerprint density at radius 2 is 2.17 bits per heavy atom. The zero-order chi connectivity index (χ0) is 13.0. The van der Waals surface area contributed by atoms with Crippen molar-refractivity contribution in [1.82, 2.24) is 15.0 Å². The third-order valence-corrected chi connectivity index (χ3v) is 3.03. The lowest BCUT2D eigenvalue weighted by molar-refractivity contribution is 0.722. The molecule has 2 aromatic rings. The summed E-state index contributed by atoms with van der Waals surface area (Å²) in [7, 11) is 0. The molecular formula is C13H17ClN4. The largest absolute Gasteiger partial charge is 0.346 e. The first-order valence-electron chi connectivity index (χ1n) is 6.08. The van der Waals surface area contributed by atoms with Crippen molar-refractivity contribution in [2.75, 3.05) is 6.54 Å². The number of nitrogens with one attached hydrogen (secondary N) is 1. The van der Waals surface area contributed by atoms with E-state index in [9.17, 15) is 0 Å². The normalized spacial score (nSPS) is 10.8. The minimum absolute atomic E-state index is 0.495. The van der Waals surface area contributed by atoms with E-state index in [4.69, 9.17) is 17.3 Å². The van der Waals surface area contributed by atoms with Crippen molar-refractivity contribution >= 4 is 11.6 Å². The molecule has 18 heavy (non-hydrogen) atoms. The summed E-state index contributed by atoms with van der Waals surface area (Å²) in [5, 5.41) is 0.495. The van der Waals surface area contributed by atoms with Crippen LogP contribution in [0.4, 0.5) is 0 Å². The number of H-pyrrole nitrogens is 1. The van der Waals surface area contributed by atoms with Gasteiger partial charge in [0.05, 0.1) is 5.69 Å². The van der Waals surface area contributed by atoms with Gasteiger partial charge in [-0.3, -0.25) is 0 Å². The van der Waals surface area contributed by atoms with E-state index in [2.05, 4.69) is 15.0 Å². The van der Waals surface area contributed by atoms with E-state index >= 15 is 0 Å². The van der Waals surface area contributed by atoms with Crippen molar-refractivity contribution in [3.8, 4) is 11.3 Å². The molecule has 0 saturated carbocycles. The molecule has 0 amide bonds. The maximum Gasteiger partial charge on any atom is 0.129 e. The Kier molecular flexibility index (Phi) is 4.33. The van der Waals surface area contributed by atoms with Gasteiger partial charge in [0.25, 0.3) is 0 Å². The zero-order valence-corrected chi connectivity index (χ0v) is 11.2. The van der Waals surface area contributed by atoms with Crippen molar-refractivity contribution < 1.29 is 0 Å². The molecule has 0 saturated heterocycles. The molecule has 2 aromatic heterocycles. The standard InChI is InChI=1S/C13H17ClN4/c1-9-13(10-5-6-11(14)16-8-10)18-12(17-9)4-2-3-7-15/h5-6,8H,2-4,7,15H2,1H3,(H,17,18). The van der Waals surface area contributed by atoms with Gasteiger partial charge < -0.3 is 10.7 Å². The van der Waals surface area contributed by atoms with E-state index in [-0.39, 0.29) is 0 Å². The SMILES string of the molecule is Cc1[nH]c(CCCCN)nc1-c1ccc(Cl)nc1. The quantitative estimate of drug-likeness (QED) is 0.645. The van der Waals surface area contributed by atoms with Crippen molar-refractivity contribution in [2.24, 2.45) is 5.73 Å². The molecule has 96 valence electrons. The van der Waals surface area contributed by atoms with Gasteiger partial charge in [-0.05, 0) is 38.4 Å². The van der Waals surface area contributed by atoms with Gasteiger partial charge in [-0.2, -0.15) is 0 Å². The lowest BCUT2D eigenvalue weighted by atomic mass is 10.2. The number of aryl methyl sites for hydroxylation is 2. The predicted octanol–water partition coefficient (Wildman–Crippen LogP) is 2.71. The average molecular weight is 265 g/mol. The van der Waals surface area contributed by atoms with Crippen LogP contribution in [0.5, 0.6) is 0 Å². The molecule has 0 aromatic carbocycles. The van der Waals surface area contributed by atoms with E-state index in [1.807, 2.05) is 13.0 Å². The maximum absolute atomic E-state index is 5.78. The Hall–Kier alpha value is -1.39. The molecule has 0 aliphatic carbocycles. The number of unbranched alkanes of at least 4 members (excludes halogenated alkanes) is 1. The summed E-state index contributed by atoms with van der Waals surface area (Å²) in [4.78, 5) is 12.0. The highest BCUT2D eigenvalue weighted by Crippen LogP contribution is 2.21. The first-order valence-corrected chi connectivity index (χ1v) is 6.46. The van der Waals surface area contributed by atoms with Crippen LogP contribution in [0.1, 0.15) is 24.4 Å². The van der Waals surface area contributed by atoms with Crippen LogP contribution in [0, 0.1) is 6.92 Å². The smallest absolute Gasteiger partial charge is 0.129 e. The van der Waals surface area contributed by atoms with Gasteiger partial charge in [0.2, 0.25) is 0 Å². The zero-order valence-electron chi connectivity index (χ0n) is 10.4. The van der Waals surface area contributed by atoms with Crippen molar-refractivity contribution in [3.05, 3.63) is 35.0 Å². The molecule has 5 heteroatoms. The van der Waals surface area contributed by atoms with Crippen molar-refractivity contribution in [1.29, 1.82) is 0 Å². The highest BCUT2D eigenvalue weighted by Gasteiger charge is 2.09. The summed E-state index contributed by atoms with van der Waals surface area (Å²) in [5.41, 5.74) is 8.47. The van der Waals surface area contributed by atoms with E-state index in [1.165, 1.54) is 0 Å². The minimum atomic E-state index is 0.495. The van der Waals surface area contributed by atoms with Crippen LogP contribution >= 0.6 is 11.6 Å². The second-order valence-corrected chi connectivity index (χ2v) is 4.66. The van der Waals surface area contributed by atoms with Gasteiger partial charge in [0, 0.05) is 23.9 Å². The number of aromatic nitrogens is 3. The second-order valence-electron chi connectivity index (χ2n) is 4.27. The summed E-state index contributed by atoms with van der Waals surface area (Å²) >= 11 is 5.78. The number of hydrogen-bond acceptors (Lipinski definition) is 3. The van der Waals surface area contributed by atoms with Crippen molar-refractivity contribution in [2.45, 2.75) is 26.2 Å². The number of imidazole rings is 1. The fourth-order valence-electron chi connectivity index (χ4n) is 1.87. The fourth-order valence-corrected chi connectivity index (χ4v) is 1.99. The number of aromatic amines is 1. The van der Waals surface area contributed by atoms with Gasteiger partial charge >= 0.3 is 0 Å². The molecule has 2 rings (SSSR count). The fraction of sp³-hybridized carbons (Fsp3) is 0.385.